The number of nitro benzene ring substituents is 1. The van der Waals surface area contributed by atoms with Crippen LogP contribution in [-0.2, 0) is 16.0 Å². The number of nitro groups is 1. The summed E-state index contributed by atoms with van der Waals surface area (Å²) in [6, 6.07) is 17.6. The minimum absolute atomic E-state index is 0.0123. The molecule has 0 saturated carbocycles. The molecule has 3 rings (SSSR count). The van der Waals surface area contributed by atoms with E-state index in [2.05, 4.69) is 10.1 Å². The SMILES string of the molecule is COC(=O)[C@H](Cc1ccc(-c2ccccc2)cc1)NC(=O)c1ccc([N+](=O)[O-])c(OCC(F)(F)C(F)(F)F)c1. The Morgan fingerprint density at radius 1 is 0.949 bits per heavy atom. The summed E-state index contributed by atoms with van der Waals surface area (Å²) in [6.45, 7) is -2.24. The van der Waals surface area contributed by atoms with Crippen LogP contribution in [0, 0.1) is 10.1 Å². The highest BCUT2D eigenvalue weighted by molar-refractivity contribution is 5.97. The zero-order chi connectivity index (χ0) is 28.8. The molecule has 0 aliphatic heterocycles. The Morgan fingerprint density at radius 2 is 1.56 bits per heavy atom. The predicted molar refractivity (Wildman–Crippen MR) is 128 cm³/mol. The Hall–Kier alpha value is -4.55. The summed E-state index contributed by atoms with van der Waals surface area (Å²) in [4.78, 5) is 35.3. The third kappa shape index (κ3) is 7.27. The van der Waals surface area contributed by atoms with Gasteiger partial charge in [0, 0.05) is 24.1 Å². The van der Waals surface area contributed by atoms with E-state index in [1.54, 1.807) is 12.1 Å². The number of benzene rings is 3. The van der Waals surface area contributed by atoms with Crippen LogP contribution in [0.4, 0.5) is 27.6 Å². The number of carbonyl (C=O) groups is 2. The highest BCUT2D eigenvalue weighted by Crippen LogP contribution is 2.37. The first-order chi connectivity index (χ1) is 18.3. The highest BCUT2D eigenvalue weighted by atomic mass is 19.4. The molecule has 0 fully saturated rings. The van der Waals surface area contributed by atoms with Gasteiger partial charge in [-0.05, 0) is 22.8 Å². The number of esters is 1. The Balaban J connectivity index is 1.79. The van der Waals surface area contributed by atoms with Crippen LogP contribution in [0.3, 0.4) is 0 Å². The molecule has 0 aliphatic rings. The lowest BCUT2D eigenvalue weighted by Gasteiger charge is -2.20. The maximum Gasteiger partial charge on any atom is 0.456 e. The van der Waals surface area contributed by atoms with Crippen LogP contribution in [0.15, 0.2) is 72.8 Å². The van der Waals surface area contributed by atoms with Crippen molar-refractivity contribution in [3.8, 4) is 16.9 Å². The second kappa shape index (κ2) is 11.9. The van der Waals surface area contributed by atoms with Gasteiger partial charge in [0.2, 0.25) is 0 Å². The van der Waals surface area contributed by atoms with E-state index in [9.17, 15) is 41.7 Å². The Labute approximate surface area is 218 Å². The Kier molecular flexibility index (Phi) is 8.84. The van der Waals surface area contributed by atoms with Crippen molar-refractivity contribution in [2.24, 2.45) is 0 Å². The van der Waals surface area contributed by atoms with Gasteiger partial charge in [-0.3, -0.25) is 14.9 Å². The molecule has 13 heteroatoms. The number of ether oxygens (including phenoxy) is 2. The number of nitrogens with zero attached hydrogens (tertiary/aromatic N) is 1. The number of nitrogens with one attached hydrogen (secondary N) is 1. The smallest absolute Gasteiger partial charge is 0.456 e. The van der Waals surface area contributed by atoms with Crippen molar-refractivity contribution in [3.05, 3.63) is 94.0 Å². The van der Waals surface area contributed by atoms with Gasteiger partial charge in [-0.25, -0.2) is 4.79 Å². The molecule has 0 unspecified atom stereocenters. The van der Waals surface area contributed by atoms with E-state index in [1.165, 1.54) is 0 Å². The average Bonchev–Trinajstić information content (AvgIpc) is 2.91. The minimum atomic E-state index is -5.95. The summed E-state index contributed by atoms with van der Waals surface area (Å²) >= 11 is 0. The Morgan fingerprint density at radius 3 is 2.13 bits per heavy atom. The fourth-order valence-corrected chi connectivity index (χ4v) is 3.45. The molecule has 0 aromatic heterocycles. The molecule has 0 radical (unpaired) electrons. The van der Waals surface area contributed by atoms with E-state index in [4.69, 9.17) is 4.74 Å². The highest BCUT2D eigenvalue weighted by Gasteiger charge is 2.58. The molecule has 1 amide bonds. The molecule has 0 bridgehead atoms. The van der Waals surface area contributed by atoms with Crippen molar-refractivity contribution < 1.29 is 45.9 Å². The lowest BCUT2D eigenvalue weighted by molar-refractivity contribution is -0.386. The van der Waals surface area contributed by atoms with Crippen LogP contribution in [0.2, 0.25) is 0 Å². The second-order valence-electron chi connectivity index (χ2n) is 8.25. The lowest BCUT2D eigenvalue weighted by Crippen LogP contribution is -2.43. The summed E-state index contributed by atoms with van der Waals surface area (Å²) in [5.74, 6) is -8.08. The van der Waals surface area contributed by atoms with Crippen LogP contribution in [0.5, 0.6) is 5.75 Å². The molecule has 0 aliphatic carbocycles. The third-order valence-electron chi connectivity index (χ3n) is 5.53. The van der Waals surface area contributed by atoms with Crippen molar-refractivity contribution in [1.29, 1.82) is 0 Å². The van der Waals surface area contributed by atoms with Crippen molar-refractivity contribution in [1.82, 2.24) is 5.32 Å². The molecule has 3 aromatic rings. The molecular weight excluding hydrogens is 531 g/mol. The molecule has 0 saturated heterocycles. The molecule has 1 N–H and O–H groups in total. The van der Waals surface area contributed by atoms with Gasteiger partial charge in [0.25, 0.3) is 5.91 Å². The van der Waals surface area contributed by atoms with E-state index in [-0.39, 0.29) is 12.0 Å². The molecule has 0 spiro atoms. The summed E-state index contributed by atoms with van der Waals surface area (Å²) in [5.41, 5.74) is 1.19. The number of methoxy groups -OCH3 is 1. The van der Waals surface area contributed by atoms with Gasteiger partial charge in [-0.15, -0.1) is 0 Å². The zero-order valence-corrected chi connectivity index (χ0v) is 20.2. The lowest BCUT2D eigenvalue weighted by atomic mass is 10.0. The quantitative estimate of drug-likeness (QED) is 0.157. The van der Waals surface area contributed by atoms with Crippen LogP contribution >= 0.6 is 0 Å². The number of halogens is 5. The predicted octanol–water partition coefficient (Wildman–Crippen LogP) is 5.35. The fourth-order valence-electron chi connectivity index (χ4n) is 3.45. The van der Waals surface area contributed by atoms with Crippen LogP contribution in [0.25, 0.3) is 11.1 Å². The fraction of sp³-hybridized carbons (Fsp3) is 0.231. The molecule has 1 atom stereocenters. The van der Waals surface area contributed by atoms with Gasteiger partial charge in [0.1, 0.15) is 6.04 Å². The second-order valence-corrected chi connectivity index (χ2v) is 8.25. The number of rotatable bonds is 10. The van der Waals surface area contributed by atoms with E-state index in [0.29, 0.717) is 17.7 Å². The minimum Gasteiger partial charge on any atom is -0.480 e. The summed E-state index contributed by atoms with van der Waals surface area (Å²) in [5, 5.41) is 13.6. The van der Waals surface area contributed by atoms with Gasteiger partial charge in [0.15, 0.2) is 12.4 Å². The monoisotopic (exact) mass is 552 g/mol. The molecule has 0 heterocycles. The Bertz CT molecular complexity index is 1330. The van der Waals surface area contributed by atoms with E-state index in [1.807, 2.05) is 42.5 Å². The summed E-state index contributed by atoms with van der Waals surface area (Å²) < 4.78 is 73.1. The standard InChI is InChI=1S/C26H21F5N2O6/c1-38-24(35)20(13-16-7-9-18(10-8-16)17-5-3-2-4-6-17)32-23(34)19-11-12-21(33(36)37)22(14-19)39-15-25(27,28)26(29,30)31/h2-12,14,20H,13,15H2,1H3,(H,32,34)/t20-/m0/s1. The number of hydrogen-bond acceptors (Lipinski definition) is 6. The van der Waals surface area contributed by atoms with E-state index in [0.717, 1.165) is 24.3 Å². The number of carbonyl (C=O) groups excluding carboxylic acids is 2. The molecule has 206 valence electrons. The van der Waals surface area contributed by atoms with Gasteiger partial charge in [0.05, 0.1) is 12.0 Å². The van der Waals surface area contributed by atoms with Gasteiger partial charge in [-0.2, -0.15) is 22.0 Å². The van der Waals surface area contributed by atoms with Gasteiger partial charge >= 0.3 is 23.8 Å². The first kappa shape index (κ1) is 29.0. The van der Waals surface area contributed by atoms with Crippen LogP contribution < -0.4 is 10.1 Å². The number of amides is 1. The average molecular weight is 552 g/mol. The molecule has 3 aromatic carbocycles. The van der Waals surface area contributed by atoms with Gasteiger partial charge < -0.3 is 14.8 Å². The summed E-state index contributed by atoms with van der Waals surface area (Å²) in [7, 11) is 1.10. The molecular formula is C26H21F5N2O6. The third-order valence-corrected chi connectivity index (χ3v) is 5.53. The van der Waals surface area contributed by atoms with E-state index < -0.39 is 53.0 Å². The normalized spacial score (nSPS) is 12.4. The summed E-state index contributed by atoms with van der Waals surface area (Å²) in [6.07, 6.45) is -5.97. The number of alkyl halides is 5. The first-order valence-electron chi connectivity index (χ1n) is 11.2. The van der Waals surface area contributed by atoms with Crippen molar-refractivity contribution in [2.45, 2.75) is 24.6 Å². The van der Waals surface area contributed by atoms with Crippen molar-refractivity contribution >= 4 is 17.6 Å². The van der Waals surface area contributed by atoms with Crippen LogP contribution in [-0.4, -0.2) is 48.7 Å². The largest absolute Gasteiger partial charge is 0.480 e. The zero-order valence-electron chi connectivity index (χ0n) is 20.2. The number of hydrogen-bond donors (Lipinski definition) is 1. The maximum atomic E-state index is 13.3. The van der Waals surface area contributed by atoms with Crippen molar-refractivity contribution in [2.75, 3.05) is 13.7 Å². The van der Waals surface area contributed by atoms with E-state index >= 15 is 0 Å². The van der Waals surface area contributed by atoms with Crippen molar-refractivity contribution in [3.63, 3.8) is 0 Å². The maximum absolute atomic E-state index is 13.3. The first-order valence-corrected chi connectivity index (χ1v) is 11.2. The van der Waals surface area contributed by atoms with Crippen LogP contribution in [0.1, 0.15) is 15.9 Å². The topological polar surface area (TPSA) is 108 Å². The molecule has 8 nitrogen and oxygen atoms in total. The molecule has 39 heavy (non-hydrogen) atoms. The van der Waals surface area contributed by atoms with Gasteiger partial charge in [-0.1, -0.05) is 54.6 Å².